The molecule has 19 heavy (non-hydrogen) atoms. The van der Waals surface area contributed by atoms with E-state index in [1.807, 2.05) is 48.3 Å². The van der Waals surface area contributed by atoms with Crippen LogP contribution in [0.3, 0.4) is 0 Å². The summed E-state index contributed by atoms with van der Waals surface area (Å²) in [7, 11) is 1.97. The van der Waals surface area contributed by atoms with Gasteiger partial charge in [0.15, 0.2) is 5.82 Å². The van der Waals surface area contributed by atoms with Crippen molar-refractivity contribution in [3.8, 4) is 0 Å². The average molecular weight is 256 g/mol. The molecule has 0 radical (unpaired) electrons. The Labute approximate surface area is 114 Å². The topological polar surface area (TPSA) is 55.0 Å². The van der Waals surface area contributed by atoms with Crippen LogP contribution in [-0.4, -0.2) is 17.2 Å². The molecule has 0 aliphatic heterocycles. The largest absolute Gasteiger partial charge is 0.399 e. The first kappa shape index (κ1) is 13.3. The van der Waals surface area contributed by atoms with Gasteiger partial charge in [-0.05, 0) is 48.7 Å². The van der Waals surface area contributed by atoms with Gasteiger partial charge in [-0.25, -0.2) is 0 Å². The summed E-state index contributed by atoms with van der Waals surface area (Å²) in [6.07, 6.45) is 0.957. The summed E-state index contributed by atoms with van der Waals surface area (Å²) in [4.78, 5) is 1.99. The SMILES string of the molecule is CC(C)Cc1ccc(N(C)c2ccc(N)cc2)nn1. The molecule has 1 aromatic heterocycles. The molecule has 2 aromatic rings. The third-order valence-corrected chi connectivity index (χ3v) is 2.95. The van der Waals surface area contributed by atoms with E-state index in [1.165, 1.54) is 0 Å². The summed E-state index contributed by atoms with van der Waals surface area (Å²) in [6.45, 7) is 4.35. The van der Waals surface area contributed by atoms with Gasteiger partial charge in [-0.2, -0.15) is 5.10 Å². The van der Waals surface area contributed by atoms with Gasteiger partial charge in [0.25, 0.3) is 0 Å². The standard InChI is InChI=1S/C15H20N4/c1-11(2)10-13-6-9-15(18-17-13)19(3)14-7-4-12(16)5-8-14/h4-9,11H,10,16H2,1-3H3. The normalized spacial score (nSPS) is 10.7. The van der Waals surface area contributed by atoms with Crippen molar-refractivity contribution in [2.75, 3.05) is 17.7 Å². The zero-order valence-corrected chi connectivity index (χ0v) is 11.7. The van der Waals surface area contributed by atoms with Crippen LogP contribution in [0, 0.1) is 5.92 Å². The van der Waals surface area contributed by atoms with Crippen LogP contribution in [0.15, 0.2) is 36.4 Å². The van der Waals surface area contributed by atoms with Gasteiger partial charge >= 0.3 is 0 Å². The molecule has 2 N–H and O–H groups in total. The summed E-state index contributed by atoms with van der Waals surface area (Å²) in [5.74, 6) is 1.42. The minimum Gasteiger partial charge on any atom is -0.399 e. The van der Waals surface area contributed by atoms with E-state index in [0.717, 1.165) is 29.3 Å². The Bertz CT molecular complexity index is 517. The fourth-order valence-corrected chi connectivity index (χ4v) is 1.89. The quantitative estimate of drug-likeness (QED) is 0.854. The highest BCUT2D eigenvalue weighted by Crippen LogP contribution is 2.22. The summed E-state index contributed by atoms with van der Waals surface area (Å²) in [6, 6.07) is 11.7. The van der Waals surface area contributed by atoms with Crippen LogP contribution < -0.4 is 10.6 Å². The van der Waals surface area contributed by atoms with E-state index in [4.69, 9.17) is 5.73 Å². The fraction of sp³-hybridized carbons (Fsp3) is 0.333. The summed E-state index contributed by atoms with van der Waals surface area (Å²) < 4.78 is 0. The molecule has 4 nitrogen and oxygen atoms in total. The van der Waals surface area contributed by atoms with E-state index < -0.39 is 0 Å². The Kier molecular flexibility index (Phi) is 4.00. The van der Waals surface area contributed by atoms with Crippen LogP contribution in [0.25, 0.3) is 0 Å². The molecule has 4 heteroatoms. The lowest BCUT2D eigenvalue weighted by Gasteiger charge is -2.18. The predicted molar refractivity (Wildman–Crippen MR) is 79.5 cm³/mol. The second kappa shape index (κ2) is 5.69. The number of nitrogens with zero attached hydrogens (tertiary/aromatic N) is 3. The molecule has 0 amide bonds. The number of benzene rings is 1. The van der Waals surface area contributed by atoms with Crippen molar-refractivity contribution in [2.45, 2.75) is 20.3 Å². The van der Waals surface area contributed by atoms with Crippen molar-refractivity contribution in [1.29, 1.82) is 0 Å². The van der Waals surface area contributed by atoms with Crippen LogP contribution >= 0.6 is 0 Å². The highest BCUT2D eigenvalue weighted by Gasteiger charge is 2.06. The van der Waals surface area contributed by atoms with Gasteiger partial charge < -0.3 is 10.6 Å². The van der Waals surface area contributed by atoms with E-state index in [1.54, 1.807) is 0 Å². The molecular weight excluding hydrogens is 236 g/mol. The molecule has 0 unspecified atom stereocenters. The molecule has 0 fully saturated rings. The van der Waals surface area contributed by atoms with Gasteiger partial charge in [0, 0.05) is 18.4 Å². The van der Waals surface area contributed by atoms with E-state index in [2.05, 4.69) is 24.0 Å². The van der Waals surface area contributed by atoms with Crippen molar-refractivity contribution in [2.24, 2.45) is 5.92 Å². The lowest BCUT2D eigenvalue weighted by molar-refractivity contribution is 0.628. The first-order valence-electron chi connectivity index (χ1n) is 6.48. The van der Waals surface area contributed by atoms with Crippen LogP contribution in [0.1, 0.15) is 19.5 Å². The highest BCUT2D eigenvalue weighted by molar-refractivity contribution is 5.61. The second-order valence-electron chi connectivity index (χ2n) is 5.13. The number of hydrogen-bond donors (Lipinski definition) is 1. The Morgan fingerprint density at radius 2 is 1.74 bits per heavy atom. The van der Waals surface area contributed by atoms with Crippen molar-refractivity contribution in [3.63, 3.8) is 0 Å². The van der Waals surface area contributed by atoms with Gasteiger partial charge in [0.2, 0.25) is 0 Å². The molecule has 0 aliphatic rings. The maximum atomic E-state index is 5.69. The van der Waals surface area contributed by atoms with Crippen LogP contribution in [0.2, 0.25) is 0 Å². The van der Waals surface area contributed by atoms with Gasteiger partial charge in [0.1, 0.15) is 0 Å². The van der Waals surface area contributed by atoms with Crippen molar-refractivity contribution in [3.05, 3.63) is 42.1 Å². The van der Waals surface area contributed by atoms with Gasteiger partial charge in [0.05, 0.1) is 5.69 Å². The smallest absolute Gasteiger partial charge is 0.155 e. The van der Waals surface area contributed by atoms with Gasteiger partial charge in [-0.1, -0.05) is 13.8 Å². The Hall–Kier alpha value is -2.10. The van der Waals surface area contributed by atoms with E-state index in [0.29, 0.717) is 5.92 Å². The van der Waals surface area contributed by atoms with Crippen molar-refractivity contribution >= 4 is 17.2 Å². The number of rotatable bonds is 4. The first-order valence-corrected chi connectivity index (χ1v) is 6.48. The maximum Gasteiger partial charge on any atom is 0.155 e. The number of nitrogen functional groups attached to an aromatic ring is 1. The number of anilines is 3. The zero-order valence-electron chi connectivity index (χ0n) is 11.7. The lowest BCUT2D eigenvalue weighted by atomic mass is 10.1. The molecule has 1 aromatic carbocycles. The molecule has 100 valence electrons. The maximum absolute atomic E-state index is 5.69. The molecule has 2 rings (SSSR count). The molecule has 0 bridgehead atoms. The number of hydrogen-bond acceptors (Lipinski definition) is 4. The second-order valence-corrected chi connectivity index (χ2v) is 5.13. The molecule has 0 atom stereocenters. The Balaban J connectivity index is 2.15. The number of nitrogens with two attached hydrogens (primary N) is 1. The summed E-state index contributed by atoms with van der Waals surface area (Å²) >= 11 is 0. The Morgan fingerprint density at radius 3 is 2.26 bits per heavy atom. The van der Waals surface area contributed by atoms with E-state index in [9.17, 15) is 0 Å². The first-order chi connectivity index (χ1) is 9.06. The zero-order chi connectivity index (χ0) is 13.8. The molecule has 0 saturated heterocycles. The molecule has 0 spiro atoms. The molecule has 1 heterocycles. The third-order valence-electron chi connectivity index (χ3n) is 2.95. The van der Waals surface area contributed by atoms with E-state index in [-0.39, 0.29) is 0 Å². The van der Waals surface area contributed by atoms with Crippen LogP contribution in [0.4, 0.5) is 17.2 Å². The van der Waals surface area contributed by atoms with Gasteiger partial charge in [-0.15, -0.1) is 5.10 Å². The average Bonchev–Trinajstić information content (AvgIpc) is 2.39. The molecule has 0 aliphatic carbocycles. The highest BCUT2D eigenvalue weighted by atomic mass is 15.2. The minimum atomic E-state index is 0.593. The lowest BCUT2D eigenvalue weighted by Crippen LogP contribution is -2.12. The van der Waals surface area contributed by atoms with Crippen molar-refractivity contribution < 1.29 is 0 Å². The summed E-state index contributed by atoms with van der Waals surface area (Å²) in [5, 5.41) is 8.54. The van der Waals surface area contributed by atoms with Crippen molar-refractivity contribution in [1.82, 2.24) is 10.2 Å². The number of aromatic nitrogens is 2. The summed E-state index contributed by atoms with van der Waals surface area (Å²) in [5.41, 5.74) is 8.52. The third kappa shape index (κ3) is 3.44. The van der Waals surface area contributed by atoms with Gasteiger partial charge in [-0.3, -0.25) is 0 Å². The molecular formula is C15H20N4. The van der Waals surface area contributed by atoms with Crippen LogP contribution in [0.5, 0.6) is 0 Å². The Morgan fingerprint density at radius 1 is 1.05 bits per heavy atom. The van der Waals surface area contributed by atoms with Crippen LogP contribution in [-0.2, 0) is 6.42 Å². The predicted octanol–water partition coefficient (Wildman–Crippen LogP) is 3.03. The fourth-order valence-electron chi connectivity index (χ4n) is 1.89. The molecule has 0 saturated carbocycles. The van der Waals surface area contributed by atoms with E-state index >= 15 is 0 Å². The monoisotopic (exact) mass is 256 g/mol. The minimum absolute atomic E-state index is 0.593.